The zero-order chi connectivity index (χ0) is 13.4. The van der Waals surface area contributed by atoms with Crippen molar-refractivity contribution in [2.75, 3.05) is 18.1 Å². The number of carboxylic acids is 1. The van der Waals surface area contributed by atoms with E-state index < -0.39 is 12.0 Å². The van der Waals surface area contributed by atoms with Crippen LogP contribution >= 0.6 is 34.4 Å². The second kappa shape index (κ2) is 5.15. The van der Waals surface area contributed by atoms with Gasteiger partial charge in [0.1, 0.15) is 6.04 Å². The second-order valence-electron chi connectivity index (χ2n) is 4.19. The van der Waals surface area contributed by atoms with Crippen LogP contribution in [-0.4, -0.2) is 46.0 Å². The molecule has 1 saturated heterocycles. The Morgan fingerprint density at radius 3 is 2.95 bits per heavy atom. The van der Waals surface area contributed by atoms with Crippen molar-refractivity contribution in [1.29, 1.82) is 0 Å². The molecule has 1 fully saturated rings. The molecule has 7 heteroatoms. The van der Waals surface area contributed by atoms with Crippen LogP contribution in [0, 0.1) is 0 Å². The van der Waals surface area contributed by atoms with Crippen molar-refractivity contribution in [1.82, 2.24) is 4.90 Å². The molecule has 100 valence electrons. The van der Waals surface area contributed by atoms with Crippen LogP contribution in [0.2, 0.25) is 0 Å². The molecule has 1 unspecified atom stereocenters. The van der Waals surface area contributed by atoms with Crippen LogP contribution in [-0.2, 0) is 4.79 Å². The molecule has 1 atom stereocenters. The van der Waals surface area contributed by atoms with Gasteiger partial charge in [-0.05, 0) is 17.5 Å². The average Bonchev–Trinajstić information content (AvgIpc) is 2.98. The van der Waals surface area contributed by atoms with Crippen molar-refractivity contribution >= 4 is 55.7 Å². The Balaban J connectivity index is 1.89. The third-order valence-corrected chi connectivity index (χ3v) is 6.13. The molecule has 19 heavy (non-hydrogen) atoms. The lowest BCUT2D eigenvalue weighted by molar-refractivity contribution is -0.141. The van der Waals surface area contributed by atoms with E-state index in [1.54, 1.807) is 23.1 Å². The summed E-state index contributed by atoms with van der Waals surface area (Å²) in [5.41, 5.74) is 0. The van der Waals surface area contributed by atoms with Gasteiger partial charge in [-0.15, -0.1) is 22.7 Å². The van der Waals surface area contributed by atoms with Gasteiger partial charge in [0.15, 0.2) is 0 Å². The van der Waals surface area contributed by atoms with Crippen molar-refractivity contribution in [2.45, 2.75) is 6.04 Å². The maximum absolute atomic E-state index is 12.5. The van der Waals surface area contributed by atoms with Crippen LogP contribution in [0.4, 0.5) is 0 Å². The van der Waals surface area contributed by atoms with E-state index in [9.17, 15) is 14.7 Å². The molecule has 0 aliphatic carbocycles. The maximum atomic E-state index is 12.5. The topological polar surface area (TPSA) is 57.6 Å². The lowest BCUT2D eigenvalue weighted by Gasteiger charge is -2.32. The second-order valence-corrected chi connectivity index (χ2v) is 7.37. The molecule has 0 aromatic carbocycles. The number of carbonyl (C=O) groups excluding carboxylic acids is 1. The minimum Gasteiger partial charge on any atom is -0.480 e. The summed E-state index contributed by atoms with van der Waals surface area (Å²) in [6.45, 7) is 0.506. The number of fused-ring (bicyclic) bond motifs is 1. The Bertz CT molecular complexity index is 604. The maximum Gasteiger partial charge on any atom is 0.327 e. The molecule has 3 rings (SSSR count). The first-order valence-corrected chi connectivity index (χ1v) is 8.60. The number of nitrogens with zero attached hydrogens (tertiary/aromatic N) is 1. The minimum atomic E-state index is -0.918. The molecule has 4 nitrogen and oxygen atoms in total. The highest BCUT2D eigenvalue weighted by atomic mass is 32.2. The summed E-state index contributed by atoms with van der Waals surface area (Å²) in [4.78, 5) is 25.8. The zero-order valence-electron chi connectivity index (χ0n) is 9.87. The van der Waals surface area contributed by atoms with E-state index in [4.69, 9.17) is 0 Å². The number of thioether (sulfide) groups is 1. The Labute approximate surface area is 122 Å². The van der Waals surface area contributed by atoms with Gasteiger partial charge in [0.05, 0.1) is 4.88 Å². The van der Waals surface area contributed by atoms with Crippen molar-refractivity contribution in [3.8, 4) is 0 Å². The van der Waals surface area contributed by atoms with Crippen LogP contribution < -0.4 is 0 Å². The van der Waals surface area contributed by atoms with Gasteiger partial charge in [-0.2, -0.15) is 11.8 Å². The number of amides is 1. The third kappa shape index (κ3) is 2.37. The van der Waals surface area contributed by atoms with E-state index in [1.807, 2.05) is 17.5 Å². The lowest BCUT2D eigenvalue weighted by Crippen LogP contribution is -2.50. The van der Waals surface area contributed by atoms with Crippen LogP contribution in [0.15, 0.2) is 17.5 Å². The molecular formula is C12H11NO3S3. The Morgan fingerprint density at radius 2 is 2.21 bits per heavy atom. The predicted octanol–water partition coefficient (Wildman–Crippen LogP) is 2.61. The molecule has 0 spiro atoms. The number of hydrogen-bond acceptors (Lipinski definition) is 5. The average molecular weight is 313 g/mol. The standard InChI is InChI=1S/C12H11NO3S3/c14-11(10-5-9-8(19-10)1-3-18-9)13-2-4-17-6-7(13)12(15)16/h1,3,5,7H,2,4,6H2,(H,15,16). The fourth-order valence-electron chi connectivity index (χ4n) is 2.06. The van der Waals surface area contributed by atoms with Crippen LogP contribution in [0.5, 0.6) is 0 Å². The summed E-state index contributed by atoms with van der Waals surface area (Å²) in [7, 11) is 0. The molecule has 2 aromatic rings. The molecule has 1 amide bonds. The molecule has 0 radical (unpaired) electrons. The number of carbonyl (C=O) groups is 2. The first kappa shape index (κ1) is 13.0. The number of rotatable bonds is 2. The fourth-order valence-corrected chi connectivity index (χ4v) is 5.17. The molecule has 2 aromatic heterocycles. The van der Waals surface area contributed by atoms with Crippen LogP contribution in [0.1, 0.15) is 9.67 Å². The monoisotopic (exact) mass is 313 g/mol. The normalized spacial score (nSPS) is 19.8. The number of carboxylic acid groups (broad SMARTS) is 1. The first-order valence-electron chi connectivity index (χ1n) is 5.75. The summed E-state index contributed by atoms with van der Waals surface area (Å²) >= 11 is 4.62. The van der Waals surface area contributed by atoms with Crippen LogP contribution in [0.3, 0.4) is 0 Å². The van der Waals surface area contributed by atoms with Gasteiger partial charge in [-0.1, -0.05) is 0 Å². The predicted molar refractivity (Wildman–Crippen MR) is 79.5 cm³/mol. The molecule has 1 aliphatic rings. The van der Waals surface area contributed by atoms with E-state index in [0.717, 1.165) is 15.2 Å². The van der Waals surface area contributed by atoms with Gasteiger partial charge in [0.25, 0.3) is 5.91 Å². The molecule has 0 saturated carbocycles. The summed E-state index contributed by atoms with van der Waals surface area (Å²) in [6, 6.07) is 3.15. The molecular weight excluding hydrogens is 302 g/mol. The smallest absolute Gasteiger partial charge is 0.327 e. The minimum absolute atomic E-state index is 0.152. The van der Waals surface area contributed by atoms with E-state index in [0.29, 0.717) is 17.2 Å². The van der Waals surface area contributed by atoms with E-state index >= 15 is 0 Å². The zero-order valence-corrected chi connectivity index (χ0v) is 12.3. The molecule has 1 N–H and O–H groups in total. The number of thiophene rings is 2. The van der Waals surface area contributed by atoms with E-state index in [2.05, 4.69) is 0 Å². The fraction of sp³-hybridized carbons (Fsp3) is 0.333. The van der Waals surface area contributed by atoms with Gasteiger partial charge in [0.2, 0.25) is 0 Å². The molecule has 3 heterocycles. The number of aliphatic carboxylic acids is 1. The highest BCUT2D eigenvalue weighted by Crippen LogP contribution is 2.31. The Kier molecular flexibility index (Phi) is 3.51. The van der Waals surface area contributed by atoms with Gasteiger partial charge in [-0.25, -0.2) is 4.79 Å². The van der Waals surface area contributed by atoms with Gasteiger partial charge >= 0.3 is 5.97 Å². The lowest BCUT2D eigenvalue weighted by atomic mass is 10.2. The largest absolute Gasteiger partial charge is 0.480 e. The highest BCUT2D eigenvalue weighted by Gasteiger charge is 2.33. The summed E-state index contributed by atoms with van der Waals surface area (Å²) in [6.07, 6.45) is 0. The van der Waals surface area contributed by atoms with Crippen LogP contribution in [0.25, 0.3) is 9.40 Å². The first-order chi connectivity index (χ1) is 9.16. The third-order valence-electron chi connectivity index (χ3n) is 3.02. The van der Waals surface area contributed by atoms with E-state index in [1.165, 1.54) is 16.2 Å². The van der Waals surface area contributed by atoms with Crippen molar-refractivity contribution in [3.05, 3.63) is 22.4 Å². The van der Waals surface area contributed by atoms with Crippen molar-refractivity contribution < 1.29 is 14.7 Å². The quantitative estimate of drug-likeness (QED) is 0.926. The summed E-state index contributed by atoms with van der Waals surface area (Å²) in [5.74, 6) is 0.204. The summed E-state index contributed by atoms with van der Waals surface area (Å²) < 4.78 is 2.18. The van der Waals surface area contributed by atoms with E-state index in [-0.39, 0.29) is 5.91 Å². The highest BCUT2D eigenvalue weighted by molar-refractivity contribution is 7.99. The number of hydrogen-bond donors (Lipinski definition) is 1. The van der Waals surface area contributed by atoms with Crippen molar-refractivity contribution in [3.63, 3.8) is 0 Å². The van der Waals surface area contributed by atoms with Gasteiger partial charge < -0.3 is 10.0 Å². The SMILES string of the molecule is O=C(O)C1CSCCN1C(=O)c1cc2sccc2s1. The van der Waals surface area contributed by atoms with Crippen molar-refractivity contribution in [2.24, 2.45) is 0 Å². The molecule has 0 bridgehead atoms. The molecule has 1 aliphatic heterocycles. The van der Waals surface area contributed by atoms with Gasteiger partial charge in [0, 0.05) is 27.5 Å². The van der Waals surface area contributed by atoms with Gasteiger partial charge in [-0.3, -0.25) is 4.79 Å². The summed E-state index contributed by atoms with van der Waals surface area (Å²) in [5, 5.41) is 11.2. The Morgan fingerprint density at radius 1 is 1.37 bits per heavy atom. The Hall–Kier alpha value is -1.05.